The lowest BCUT2D eigenvalue weighted by molar-refractivity contribution is 0.596. The molecule has 0 aliphatic carbocycles. The van der Waals surface area contributed by atoms with Crippen LogP contribution in [0.25, 0.3) is 22.6 Å². The van der Waals surface area contributed by atoms with Gasteiger partial charge in [0.25, 0.3) is 0 Å². The molecule has 0 saturated carbocycles. The lowest BCUT2D eigenvalue weighted by Gasteiger charge is -2.09. The molecule has 2 aromatic carbocycles. The van der Waals surface area contributed by atoms with E-state index in [2.05, 4.69) is 10.6 Å². The maximum atomic E-state index is 7.55. The van der Waals surface area contributed by atoms with Gasteiger partial charge in [-0.1, -0.05) is 0 Å². The minimum absolute atomic E-state index is 0. The lowest BCUT2D eigenvalue weighted by atomic mass is 10.1. The Labute approximate surface area is 192 Å². The van der Waals surface area contributed by atoms with Gasteiger partial charge < -0.3 is 15.1 Å². The quantitative estimate of drug-likeness (QED) is 0.216. The maximum Gasteiger partial charge on any atom is 0.135 e. The van der Waals surface area contributed by atoms with Crippen molar-refractivity contribution < 1.29 is 4.42 Å². The summed E-state index contributed by atoms with van der Waals surface area (Å²) in [6, 6.07) is 15.9. The molecule has 0 fully saturated rings. The second-order valence-electron chi connectivity index (χ2n) is 6.72. The van der Waals surface area contributed by atoms with E-state index < -0.39 is 0 Å². The zero-order chi connectivity index (χ0) is 19.6. The average molecular weight is 522 g/mol. The average Bonchev–Trinajstić information content (AvgIpc) is 3.03. The molecule has 0 atom stereocenters. The van der Waals surface area contributed by atoms with E-state index in [9.17, 15) is 0 Å². The van der Waals surface area contributed by atoms with E-state index in [1.165, 1.54) is 0 Å². The van der Waals surface area contributed by atoms with Gasteiger partial charge in [0.15, 0.2) is 0 Å². The van der Waals surface area contributed by atoms with Crippen LogP contribution in [-0.4, -0.2) is 11.7 Å². The van der Waals surface area contributed by atoms with Crippen LogP contribution in [0.5, 0.6) is 0 Å². The van der Waals surface area contributed by atoms with Crippen LogP contribution < -0.4 is 10.6 Å². The van der Waals surface area contributed by atoms with Gasteiger partial charge >= 0.3 is 0 Å². The SMILES string of the molecule is Br.Br.CC(=N)Nc1ccc(-c2ccc(-c3ccc(NC(C)=N)cc3C)o2)c(C)c1. The minimum atomic E-state index is 0. The van der Waals surface area contributed by atoms with Crippen LogP contribution in [0.3, 0.4) is 0 Å². The molecular weight excluding hydrogens is 496 g/mol. The number of amidine groups is 2. The van der Waals surface area contributed by atoms with Crippen molar-refractivity contribution in [2.45, 2.75) is 27.7 Å². The van der Waals surface area contributed by atoms with E-state index in [0.717, 1.165) is 45.1 Å². The zero-order valence-electron chi connectivity index (χ0n) is 16.8. The lowest BCUT2D eigenvalue weighted by Crippen LogP contribution is -2.04. The first-order valence-electron chi connectivity index (χ1n) is 8.79. The summed E-state index contributed by atoms with van der Waals surface area (Å²) in [5.74, 6) is 2.46. The van der Waals surface area contributed by atoms with E-state index in [0.29, 0.717) is 11.7 Å². The highest BCUT2D eigenvalue weighted by Gasteiger charge is 2.12. The molecule has 1 heterocycles. The predicted octanol–water partition coefficient (Wildman–Crippen LogP) is 7.20. The fourth-order valence-electron chi connectivity index (χ4n) is 3.10. The summed E-state index contributed by atoms with van der Waals surface area (Å²) in [6.45, 7) is 7.50. The number of hydrogen-bond donors (Lipinski definition) is 4. The van der Waals surface area contributed by atoms with Gasteiger partial charge in [-0.2, -0.15) is 0 Å². The largest absolute Gasteiger partial charge is 0.456 e. The Morgan fingerprint density at radius 1 is 0.690 bits per heavy atom. The Morgan fingerprint density at radius 3 is 1.38 bits per heavy atom. The zero-order valence-corrected chi connectivity index (χ0v) is 20.3. The molecule has 7 heteroatoms. The van der Waals surface area contributed by atoms with Gasteiger partial charge in [-0.15, -0.1) is 34.0 Å². The molecule has 0 bridgehead atoms. The van der Waals surface area contributed by atoms with Crippen LogP contribution in [0.1, 0.15) is 25.0 Å². The molecule has 154 valence electrons. The molecule has 0 aliphatic rings. The number of furan rings is 1. The number of anilines is 2. The molecule has 5 nitrogen and oxygen atoms in total. The molecule has 4 N–H and O–H groups in total. The van der Waals surface area contributed by atoms with E-state index >= 15 is 0 Å². The van der Waals surface area contributed by atoms with Gasteiger partial charge in [0.1, 0.15) is 11.5 Å². The van der Waals surface area contributed by atoms with Gasteiger partial charge in [-0.3, -0.25) is 10.8 Å². The third-order valence-electron chi connectivity index (χ3n) is 4.25. The van der Waals surface area contributed by atoms with Gasteiger partial charge in [0, 0.05) is 22.5 Å². The number of benzene rings is 2. The van der Waals surface area contributed by atoms with Crippen LogP contribution in [0.15, 0.2) is 52.9 Å². The molecule has 29 heavy (non-hydrogen) atoms. The van der Waals surface area contributed by atoms with E-state index in [1.54, 1.807) is 13.8 Å². The van der Waals surface area contributed by atoms with Gasteiger partial charge in [0.05, 0.1) is 11.7 Å². The molecule has 1 aromatic heterocycles. The summed E-state index contributed by atoms with van der Waals surface area (Å²) < 4.78 is 6.13. The first-order chi connectivity index (χ1) is 12.8. The number of aryl methyl sites for hydroxylation is 2. The van der Waals surface area contributed by atoms with Crippen LogP contribution >= 0.6 is 34.0 Å². The summed E-state index contributed by atoms with van der Waals surface area (Å²) in [4.78, 5) is 0. The summed E-state index contributed by atoms with van der Waals surface area (Å²) in [5.41, 5.74) is 6.03. The summed E-state index contributed by atoms with van der Waals surface area (Å²) in [7, 11) is 0. The van der Waals surface area contributed by atoms with Crippen LogP contribution in [0.4, 0.5) is 11.4 Å². The topological polar surface area (TPSA) is 84.9 Å². The Hall–Kier alpha value is -2.38. The van der Waals surface area contributed by atoms with Gasteiger partial charge in [-0.05, 0) is 87.4 Å². The standard InChI is InChI=1S/C22H24N4O.2BrH/c1-13-11-17(25-15(3)23)5-7-19(13)21-9-10-22(27-21)20-8-6-18(12-14(20)2)26-16(4)24;;/h5-12H,1-4H3,(H2,23,25)(H2,24,26);2*1H. The molecule has 0 radical (unpaired) electrons. The normalized spacial score (nSPS) is 9.79. The molecular formula is C22H26Br2N4O. The minimum Gasteiger partial charge on any atom is -0.456 e. The number of nitrogens with one attached hydrogen (secondary N) is 4. The second kappa shape index (κ2) is 10.4. The Kier molecular flexibility index (Phi) is 8.85. The molecule has 0 amide bonds. The Morgan fingerprint density at radius 2 is 1.07 bits per heavy atom. The van der Waals surface area contributed by atoms with Gasteiger partial charge in [-0.25, -0.2) is 0 Å². The molecule has 0 aliphatic heterocycles. The number of rotatable bonds is 4. The fourth-order valence-corrected chi connectivity index (χ4v) is 3.10. The summed E-state index contributed by atoms with van der Waals surface area (Å²) >= 11 is 0. The first-order valence-corrected chi connectivity index (χ1v) is 8.79. The van der Waals surface area contributed by atoms with E-state index in [1.807, 2.05) is 62.4 Å². The Balaban J connectivity index is 0.00000210. The second-order valence-corrected chi connectivity index (χ2v) is 6.72. The summed E-state index contributed by atoms with van der Waals surface area (Å²) in [6.07, 6.45) is 0. The van der Waals surface area contributed by atoms with Crippen molar-refractivity contribution in [1.29, 1.82) is 10.8 Å². The highest BCUT2D eigenvalue weighted by Crippen LogP contribution is 2.33. The van der Waals surface area contributed by atoms with Gasteiger partial charge in [0.2, 0.25) is 0 Å². The van der Waals surface area contributed by atoms with Crippen molar-refractivity contribution in [1.82, 2.24) is 0 Å². The monoisotopic (exact) mass is 520 g/mol. The van der Waals surface area contributed by atoms with Crippen LogP contribution in [0, 0.1) is 24.7 Å². The van der Waals surface area contributed by atoms with Crippen LogP contribution in [0.2, 0.25) is 0 Å². The van der Waals surface area contributed by atoms with E-state index in [4.69, 9.17) is 15.2 Å². The van der Waals surface area contributed by atoms with Crippen molar-refractivity contribution in [3.05, 3.63) is 59.7 Å². The highest BCUT2D eigenvalue weighted by molar-refractivity contribution is 8.93. The van der Waals surface area contributed by atoms with Crippen molar-refractivity contribution >= 4 is 57.0 Å². The molecule has 0 spiro atoms. The number of hydrogen-bond acceptors (Lipinski definition) is 3. The molecule has 0 saturated heterocycles. The first kappa shape index (κ1) is 24.7. The van der Waals surface area contributed by atoms with E-state index in [-0.39, 0.29) is 34.0 Å². The smallest absolute Gasteiger partial charge is 0.135 e. The molecule has 0 unspecified atom stereocenters. The van der Waals surface area contributed by atoms with Crippen LogP contribution in [-0.2, 0) is 0 Å². The molecule has 3 rings (SSSR count). The summed E-state index contributed by atoms with van der Waals surface area (Å²) in [5, 5.41) is 21.1. The van der Waals surface area contributed by atoms with Crippen molar-refractivity contribution in [2.24, 2.45) is 0 Å². The predicted molar refractivity (Wildman–Crippen MR) is 134 cm³/mol. The third-order valence-corrected chi connectivity index (χ3v) is 4.25. The highest BCUT2D eigenvalue weighted by atomic mass is 79.9. The molecule has 3 aromatic rings. The fraction of sp³-hybridized carbons (Fsp3) is 0.182. The number of halogens is 2. The van der Waals surface area contributed by atoms with Crippen molar-refractivity contribution in [2.75, 3.05) is 10.6 Å². The third kappa shape index (κ3) is 6.05. The maximum absolute atomic E-state index is 7.55. The van der Waals surface area contributed by atoms with Crippen molar-refractivity contribution in [3.8, 4) is 22.6 Å². The Bertz CT molecular complexity index is 947. The van der Waals surface area contributed by atoms with Crippen molar-refractivity contribution in [3.63, 3.8) is 0 Å².